The molecule has 2 rings (SSSR count). The minimum absolute atomic E-state index is 0.0976. The Morgan fingerprint density at radius 1 is 1.43 bits per heavy atom. The van der Waals surface area contributed by atoms with Crippen LogP contribution < -0.4 is 11.1 Å². The molecule has 3 N–H and O–H groups in total. The molecular formula is C15H21N5O. The molecule has 0 saturated carbocycles. The molecule has 1 aromatic heterocycles. The fraction of sp³-hybridized carbons (Fsp3) is 0.400. The third kappa shape index (κ3) is 3.66. The van der Waals surface area contributed by atoms with Gasteiger partial charge in [0.1, 0.15) is 0 Å². The summed E-state index contributed by atoms with van der Waals surface area (Å²) in [5.74, 6) is -0.0976. The first-order chi connectivity index (χ1) is 10.2. The van der Waals surface area contributed by atoms with E-state index in [1.54, 1.807) is 0 Å². The van der Waals surface area contributed by atoms with Crippen LogP contribution in [0.2, 0.25) is 0 Å². The summed E-state index contributed by atoms with van der Waals surface area (Å²) in [6.07, 6.45) is 3.05. The van der Waals surface area contributed by atoms with Gasteiger partial charge in [-0.25, -0.2) is 4.68 Å². The van der Waals surface area contributed by atoms with Crippen molar-refractivity contribution in [2.45, 2.75) is 39.7 Å². The van der Waals surface area contributed by atoms with Crippen molar-refractivity contribution < 1.29 is 4.79 Å². The summed E-state index contributed by atoms with van der Waals surface area (Å²) in [4.78, 5) is 11.2. The van der Waals surface area contributed by atoms with E-state index in [0.717, 1.165) is 42.0 Å². The average molecular weight is 287 g/mol. The van der Waals surface area contributed by atoms with Gasteiger partial charge in [0.05, 0.1) is 17.1 Å². The van der Waals surface area contributed by atoms with Crippen molar-refractivity contribution in [1.82, 2.24) is 15.0 Å². The molecule has 6 nitrogen and oxygen atoms in total. The molecule has 1 heterocycles. The van der Waals surface area contributed by atoms with E-state index in [9.17, 15) is 4.79 Å². The standard InChI is InChI=1S/C15H21N5O/c1-3-4-8-15-14(10-16)18-19-20(15)13-7-5-6-12(9-13)17-11(2)21/h5-7,9H,3-4,8,10,16H2,1-2H3,(H,17,21). The van der Waals surface area contributed by atoms with Crippen LogP contribution in [0.1, 0.15) is 38.1 Å². The quantitative estimate of drug-likeness (QED) is 0.851. The molecular weight excluding hydrogens is 266 g/mol. The van der Waals surface area contributed by atoms with Gasteiger partial charge in [-0.1, -0.05) is 24.6 Å². The van der Waals surface area contributed by atoms with Gasteiger partial charge >= 0.3 is 0 Å². The van der Waals surface area contributed by atoms with Crippen LogP contribution in [0.15, 0.2) is 24.3 Å². The third-order valence-electron chi connectivity index (χ3n) is 3.22. The fourth-order valence-corrected chi connectivity index (χ4v) is 2.21. The lowest BCUT2D eigenvalue weighted by atomic mass is 10.1. The molecule has 6 heteroatoms. The Morgan fingerprint density at radius 3 is 2.90 bits per heavy atom. The van der Waals surface area contributed by atoms with Crippen molar-refractivity contribution in [2.24, 2.45) is 5.73 Å². The molecule has 2 aromatic rings. The zero-order valence-corrected chi connectivity index (χ0v) is 12.5. The maximum atomic E-state index is 11.2. The molecule has 0 aliphatic carbocycles. The SMILES string of the molecule is CCCCc1c(CN)nnn1-c1cccc(NC(C)=O)c1. The third-order valence-corrected chi connectivity index (χ3v) is 3.22. The maximum absolute atomic E-state index is 11.2. The number of amides is 1. The predicted octanol–water partition coefficient (Wildman–Crippen LogP) is 2.03. The second-order valence-electron chi connectivity index (χ2n) is 4.93. The van der Waals surface area contributed by atoms with E-state index < -0.39 is 0 Å². The summed E-state index contributed by atoms with van der Waals surface area (Å²) in [7, 11) is 0. The first-order valence-electron chi connectivity index (χ1n) is 7.17. The zero-order chi connectivity index (χ0) is 15.2. The number of anilines is 1. The van der Waals surface area contributed by atoms with Gasteiger partial charge in [-0.3, -0.25) is 4.79 Å². The lowest BCUT2D eigenvalue weighted by Crippen LogP contribution is -2.08. The van der Waals surface area contributed by atoms with E-state index in [-0.39, 0.29) is 5.91 Å². The second-order valence-corrected chi connectivity index (χ2v) is 4.93. The largest absolute Gasteiger partial charge is 0.326 e. The Balaban J connectivity index is 2.36. The summed E-state index contributed by atoms with van der Waals surface area (Å²) in [5.41, 5.74) is 9.22. The molecule has 0 atom stereocenters. The topological polar surface area (TPSA) is 85.8 Å². The van der Waals surface area contributed by atoms with Gasteiger partial charge in [0.15, 0.2) is 0 Å². The number of benzene rings is 1. The molecule has 1 aromatic carbocycles. The molecule has 0 saturated heterocycles. The highest BCUT2D eigenvalue weighted by molar-refractivity contribution is 5.88. The molecule has 0 fully saturated rings. The predicted molar refractivity (Wildman–Crippen MR) is 82.2 cm³/mol. The molecule has 0 unspecified atom stereocenters. The Bertz CT molecular complexity index is 620. The number of carbonyl (C=O) groups is 1. The molecule has 0 bridgehead atoms. The van der Waals surface area contributed by atoms with E-state index in [1.165, 1.54) is 6.92 Å². The van der Waals surface area contributed by atoms with Gasteiger partial charge in [-0.2, -0.15) is 0 Å². The number of nitrogens with two attached hydrogens (primary N) is 1. The number of nitrogens with one attached hydrogen (secondary N) is 1. The van der Waals surface area contributed by atoms with Crippen molar-refractivity contribution >= 4 is 11.6 Å². The van der Waals surface area contributed by atoms with Gasteiger partial charge < -0.3 is 11.1 Å². The highest BCUT2D eigenvalue weighted by Crippen LogP contribution is 2.18. The summed E-state index contributed by atoms with van der Waals surface area (Å²) in [5, 5.41) is 11.1. The van der Waals surface area contributed by atoms with Crippen LogP contribution in [-0.2, 0) is 17.8 Å². The van der Waals surface area contributed by atoms with Crippen molar-refractivity contribution in [3.8, 4) is 5.69 Å². The summed E-state index contributed by atoms with van der Waals surface area (Å²) in [6.45, 7) is 4.01. The summed E-state index contributed by atoms with van der Waals surface area (Å²) in [6, 6.07) is 7.55. The molecule has 0 radical (unpaired) electrons. The molecule has 1 amide bonds. The van der Waals surface area contributed by atoms with Crippen LogP contribution >= 0.6 is 0 Å². The Labute approximate surface area is 124 Å². The highest BCUT2D eigenvalue weighted by atomic mass is 16.1. The first kappa shape index (κ1) is 15.2. The van der Waals surface area contributed by atoms with E-state index in [1.807, 2.05) is 28.9 Å². The summed E-state index contributed by atoms with van der Waals surface area (Å²) < 4.78 is 1.81. The number of hydrogen-bond acceptors (Lipinski definition) is 4. The van der Waals surface area contributed by atoms with Gasteiger partial charge in [-0.15, -0.1) is 5.10 Å². The van der Waals surface area contributed by atoms with Crippen LogP contribution in [0.3, 0.4) is 0 Å². The van der Waals surface area contributed by atoms with Crippen molar-refractivity contribution in [3.05, 3.63) is 35.7 Å². The van der Waals surface area contributed by atoms with Crippen LogP contribution in [0, 0.1) is 0 Å². The maximum Gasteiger partial charge on any atom is 0.221 e. The van der Waals surface area contributed by atoms with Gasteiger partial charge in [0, 0.05) is 19.2 Å². The van der Waals surface area contributed by atoms with Crippen LogP contribution in [0.5, 0.6) is 0 Å². The summed E-state index contributed by atoms with van der Waals surface area (Å²) >= 11 is 0. The normalized spacial score (nSPS) is 10.6. The van der Waals surface area contributed by atoms with E-state index in [4.69, 9.17) is 5.73 Å². The molecule has 21 heavy (non-hydrogen) atoms. The van der Waals surface area contributed by atoms with E-state index >= 15 is 0 Å². The first-order valence-corrected chi connectivity index (χ1v) is 7.17. The Hall–Kier alpha value is -2.21. The van der Waals surface area contributed by atoms with Gasteiger partial charge in [-0.05, 0) is 31.0 Å². The number of hydrogen-bond donors (Lipinski definition) is 2. The average Bonchev–Trinajstić information content (AvgIpc) is 2.87. The van der Waals surface area contributed by atoms with Crippen LogP contribution in [0.4, 0.5) is 5.69 Å². The van der Waals surface area contributed by atoms with Crippen molar-refractivity contribution in [3.63, 3.8) is 0 Å². The lowest BCUT2D eigenvalue weighted by Gasteiger charge is -2.09. The van der Waals surface area contributed by atoms with Crippen LogP contribution in [0.25, 0.3) is 5.69 Å². The number of nitrogens with zero attached hydrogens (tertiary/aromatic N) is 3. The molecule has 0 spiro atoms. The number of aromatic nitrogens is 3. The van der Waals surface area contributed by atoms with Crippen molar-refractivity contribution in [2.75, 3.05) is 5.32 Å². The zero-order valence-electron chi connectivity index (χ0n) is 12.5. The molecule has 0 aliphatic heterocycles. The van der Waals surface area contributed by atoms with Gasteiger partial charge in [0.2, 0.25) is 5.91 Å². The van der Waals surface area contributed by atoms with Crippen LogP contribution in [-0.4, -0.2) is 20.9 Å². The van der Waals surface area contributed by atoms with Gasteiger partial charge in [0.25, 0.3) is 0 Å². The Morgan fingerprint density at radius 2 is 2.24 bits per heavy atom. The van der Waals surface area contributed by atoms with E-state index in [0.29, 0.717) is 6.54 Å². The lowest BCUT2D eigenvalue weighted by molar-refractivity contribution is -0.114. The Kier molecular flexibility index (Phi) is 5.05. The number of carbonyl (C=O) groups excluding carboxylic acids is 1. The monoisotopic (exact) mass is 287 g/mol. The minimum atomic E-state index is -0.0976. The smallest absolute Gasteiger partial charge is 0.221 e. The molecule has 112 valence electrons. The second kappa shape index (κ2) is 6.99. The minimum Gasteiger partial charge on any atom is -0.326 e. The molecule has 0 aliphatic rings. The van der Waals surface area contributed by atoms with Crippen molar-refractivity contribution in [1.29, 1.82) is 0 Å². The highest BCUT2D eigenvalue weighted by Gasteiger charge is 2.13. The number of unbranched alkanes of at least 4 members (excludes halogenated alkanes) is 1. The number of rotatable bonds is 6. The fourth-order valence-electron chi connectivity index (χ4n) is 2.21. The van der Waals surface area contributed by atoms with E-state index in [2.05, 4.69) is 22.6 Å².